The number of nitrogens with zero attached hydrogens (tertiary/aromatic N) is 2. The van der Waals surface area contributed by atoms with Crippen LogP contribution < -0.4 is 0 Å². The Morgan fingerprint density at radius 2 is 2.23 bits per heavy atom. The Morgan fingerprint density at radius 3 is 2.62 bits per heavy atom. The van der Waals surface area contributed by atoms with Gasteiger partial charge in [0.25, 0.3) is 0 Å². The lowest BCUT2D eigenvalue weighted by Gasteiger charge is -2.02. The Morgan fingerprint density at radius 1 is 1.62 bits per heavy atom. The third-order valence-corrected chi connectivity index (χ3v) is 2.11. The van der Waals surface area contributed by atoms with Crippen LogP contribution in [0, 0.1) is 0 Å². The van der Waals surface area contributed by atoms with Crippen molar-refractivity contribution in [1.82, 2.24) is 9.78 Å². The Balaban J connectivity index is 3.02. The molecular weight excluding hydrogens is 164 g/mol. The fraction of sp³-hybridized carbons (Fsp3) is 0.600. The molecule has 0 aromatic carbocycles. The van der Waals surface area contributed by atoms with Gasteiger partial charge in [-0.15, -0.1) is 0 Å². The number of aromatic nitrogens is 2. The molecule has 0 spiro atoms. The van der Waals surface area contributed by atoms with E-state index < -0.39 is 0 Å². The number of Topliss-reactive ketones (excluding diaryl/α,β-unsaturated/α-hetero) is 1. The monoisotopic (exact) mass is 180 g/mol. The lowest BCUT2D eigenvalue weighted by Crippen LogP contribution is -2.01. The molecule has 0 atom stereocenters. The van der Waals surface area contributed by atoms with Crippen molar-refractivity contribution in [3.05, 3.63) is 17.5 Å². The van der Waals surface area contributed by atoms with E-state index >= 15 is 0 Å². The van der Waals surface area contributed by atoms with Gasteiger partial charge in [-0.25, -0.2) is 0 Å². The summed E-state index contributed by atoms with van der Waals surface area (Å²) in [6.07, 6.45) is 0.522. The van der Waals surface area contributed by atoms with Crippen LogP contribution in [0.1, 0.15) is 49.3 Å². The van der Waals surface area contributed by atoms with Crippen molar-refractivity contribution in [3.8, 4) is 0 Å². The maximum atomic E-state index is 11.3. The molecule has 0 N–H and O–H groups in total. The molecule has 13 heavy (non-hydrogen) atoms. The minimum atomic E-state index is 0.113. The number of hydrogen-bond donors (Lipinski definition) is 0. The average Bonchev–Trinajstić information content (AvgIpc) is 2.46. The summed E-state index contributed by atoms with van der Waals surface area (Å²) in [5.74, 6) is 0.526. The molecule has 1 rings (SSSR count). The van der Waals surface area contributed by atoms with Gasteiger partial charge in [0, 0.05) is 19.2 Å². The molecule has 0 aliphatic rings. The van der Waals surface area contributed by atoms with Gasteiger partial charge >= 0.3 is 0 Å². The SMILES string of the molecule is CCC(=O)c1cc(C(C)C)n(C)n1. The Kier molecular flexibility index (Phi) is 2.86. The van der Waals surface area contributed by atoms with Crippen LogP contribution in [0.2, 0.25) is 0 Å². The smallest absolute Gasteiger partial charge is 0.182 e. The van der Waals surface area contributed by atoms with Crippen molar-refractivity contribution in [3.63, 3.8) is 0 Å². The van der Waals surface area contributed by atoms with Crippen molar-refractivity contribution in [2.24, 2.45) is 7.05 Å². The first-order chi connectivity index (χ1) is 6.06. The van der Waals surface area contributed by atoms with Gasteiger partial charge in [-0.1, -0.05) is 20.8 Å². The van der Waals surface area contributed by atoms with Gasteiger partial charge in [0.15, 0.2) is 5.78 Å². The summed E-state index contributed by atoms with van der Waals surface area (Å²) in [6, 6.07) is 1.89. The summed E-state index contributed by atoms with van der Waals surface area (Å²) < 4.78 is 1.79. The molecule has 0 aliphatic heterocycles. The second kappa shape index (κ2) is 3.73. The fourth-order valence-electron chi connectivity index (χ4n) is 1.34. The Bertz CT molecular complexity index is 313. The van der Waals surface area contributed by atoms with E-state index in [1.54, 1.807) is 4.68 Å². The van der Waals surface area contributed by atoms with E-state index in [0.29, 0.717) is 18.0 Å². The number of hydrogen-bond acceptors (Lipinski definition) is 2. The van der Waals surface area contributed by atoms with Crippen LogP contribution in [-0.4, -0.2) is 15.6 Å². The number of carbonyl (C=O) groups excluding carboxylic acids is 1. The first-order valence-corrected chi connectivity index (χ1v) is 4.63. The molecule has 1 heterocycles. The number of carbonyl (C=O) groups is 1. The van der Waals surface area contributed by atoms with Crippen molar-refractivity contribution in [2.45, 2.75) is 33.1 Å². The van der Waals surface area contributed by atoms with E-state index in [4.69, 9.17) is 0 Å². The van der Waals surface area contributed by atoms with E-state index in [0.717, 1.165) is 5.69 Å². The Hall–Kier alpha value is -1.12. The first kappa shape index (κ1) is 9.96. The molecule has 0 unspecified atom stereocenters. The number of aryl methyl sites for hydroxylation is 1. The third kappa shape index (κ3) is 1.97. The van der Waals surface area contributed by atoms with Crippen LogP contribution in [-0.2, 0) is 7.05 Å². The van der Waals surface area contributed by atoms with Gasteiger partial charge in [0.1, 0.15) is 5.69 Å². The van der Waals surface area contributed by atoms with Crippen LogP contribution in [0.25, 0.3) is 0 Å². The van der Waals surface area contributed by atoms with Crippen LogP contribution >= 0.6 is 0 Å². The van der Waals surface area contributed by atoms with Crippen molar-refractivity contribution >= 4 is 5.78 Å². The largest absolute Gasteiger partial charge is 0.292 e. The molecule has 3 heteroatoms. The fourth-order valence-corrected chi connectivity index (χ4v) is 1.34. The normalized spacial score (nSPS) is 10.8. The highest BCUT2D eigenvalue weighted by atomic mass is 16.1. The third-order valence-electron chi connectivity index (χ3n) is 2.11. The Labute approximate surface area is 78.8 Å². The predicted molar refractivity (Wildman–Crippen MR) is 51.9 cm³/mol. The molecule has 3 nitrogen and oxygen atoms in total. The zero-order valence-electron chi connectivity index (χ0n) is 8.66. The van der Waals surface area contributed by atoms with Crippen LogP contribution in [0.5, 0.6) is 0 Å². The summed E-state index contributed by atoms with van der Waals surface area (Å²) in [5, 5.41) is 4.17. The average molecular weight is 180 g/mol. The summed E-state index contributed by atoms with van der Waals surface area (Å²) >= 11 is 0. The van der Waals surface area contributed by atoms with Gasteiger partial charge < -0.3 is 0 Å². The minimum Gasteiger partial charge on any atom is -0.292 e. The molecule has 0 saturated carbocycles. The van der Waals surface area contributed by atoms with E-state index in [1.807, 2.05) is 20.0 Å². The quantitative estimate of drug-likeness (QED) is 0.668. The van der Waals surface area contributed by atoms with Gasteiger partial charge in [0.05, 0.1) is 0 Å². The summed E-state index contributed by atoms with van der Waals surface area (Å²) in [4.78, 5) is 11.3. The molecule has 0 amide bonds. The molecule has 0 fully saturated rings. The minimum absolute atomic E-state index is 0.113. The molecular formula is C10H16N2O. The van der Waals surface area contributed by atoms with Crippen LogP contribution in [0.15, 0.2) is 6.07 Å². The first-order valence-electron chi connectivity index (χ1n) is 4.63. The molecule has 0 saturated heterocycles. The van der Waals surface area contributed by atoms with Crippen molar-refractivity contribution in [2.75, 3.05) is 0 Å². The van der Waals surface area contributed by atoms with Gasteiger partial charge in [-0.3, -0.25) is 9.48 Å². The van der Waals surface area contributed by atoms with E-state index in [2.05, 4.69) is 18.9 Å². The summed E-state index contributed by atoms with van der Waals surface area (Å²) in [6.45, 7) is 6.04. The molecule has 1 aromatic heterocycles. The highest BCUT2D eigenvalue weighted by Gasteiger charge is 2.12. The maximum absolute atomic E-state index is 11.3. The topological polar surface area (TPSA) is 34.9 Å². The van der Waals surface area contributed by atoms with E-state index in [-0.39, 0.29) is 5.78 Å². The van der Waals surface area contributed by atoms with Gasteiger partial charge in [-0.05, 0) is 12.0 Å². The lowest BCUT2D eigenvalue weighted by atomic mass is 10.1. The molecule has 72 valence electrons. The second-order valence-corrected chi connectivity index (χ2v) is 3.51. The standard InChI is InChI=1S/C10H16N2O/c1-5-10(13)8-6-9(7(2)3)12(4)11-8/h6-7H,5H2,1-4H3. The van der Waals surface area contributed by atoms with Crippen molar-refractivity contribution in [1.29, 1.82) is 0 Å². The predicted octanol–water partition coefficient (Wildman–Crippen LogP) is 2.14. The van der Waals surface area contributed by atoms with Gasteiger partial charge in [0.2, 0.25) is 0 Å². The zero-order valence-corrected chi connectivity index (χ0v) is 8.66. The van der Waals surface area contributed by atoms with E-state index in [9.17, 15) is 4.79 Å². The molecule has 0 bridgehead atoms. The van der Waals surface area contributed by atoms with Gasteiger partial charge in [-0.2, -0.15) is 5.10 Å². The molecule has 1 aromatic rings. The van der Waals surface area contributed by atoms with E-state index in [1.165, 1.54) is 0 Å². The second-order valence-electron chi connectivity index (χ2n) is 3.51. The van der Waals surface area contributed by atoms with Crippen LogP contribution in [0.4, 0.5) is 0 Å². The zero-order chi connectivity index (χ0) is 10.0. The number of rotatable bonds is 3. The van der Waals surface area contributed by atoms with Crippen LogP contribution in [0.3, 0.4) is 0 Å². The summed E-state index contributed by atoms with van der Waals surface area (Å²) in [7, 11) is 1.88. The highest BCUT2D eigenvalue weighted by Crippen LogP contribution is 2.15. The lowest BCUT2D eigenvalue weighted by molar-refractivity contribution is 0.0982. The molecule has 0 aliphatic carbocycles. The summed E-state index contributed by atoms with van der Waals surface area (Å²) in [5.41, 5.74) is 1.70. The van der Waals surface area contributed by atoms with Crippen molar-refractivity contribution < 1.29 is 4.79 Å². The highest BCUT2D eigenvalue weighted by molar-refractivity contribution is 5.94. The number of ketones is 1. The molecule has 0 radical (unpaired) electrons. The maximum Gasteiger partial charge on any atom is 0.182 e.